The van der Waals surface area contributed by atoms with E-state index in [0.29, 0.717) is 16.5 Å². The normalized spacial score (nSPS) is 17.1. The lowest BCUT2D eigenvalue weighted by Gasteiger charge is -2.18. The summed E-state index contributed by atoms with van der Waals surface area (Å²) in [4.78, 5) is 24.0. The summed E-state index contributed by atoms with van der Waals surface area (Å²) < 4.78 is 0. The number of halogens is 2. The molecule has 1 N–H and O–H groups in total. The third-order valence-corrected chi connectivity index (χ3v) is 6.15. The van der Waals surface area contributed by atoms with E-state index in [9.17, 15) is 4.79 Å². The number of nitrogens with one attached hydrogen (secondary N) is 1. The highest BCUT2D eigenvalue weighted by Crippen LogP contribution is 2.31. The van der Waals surface area contributed by atoms with Crippen molar-refractivity contribution in [3.8, 4) is 0 Å². The number of nitrogens with zero attached hydrogens (tertiary/aromatic N) is 3. The maximum atomic E-state index is 12.1. The summed E-state index contributed by atoms with van der Waals surface area (Å²) in [6, 6.07) is 5.88. The van der Waals surface area contributed by atoms with Gasteiger partial charge >= 0.3 is 0 Å². The second-order valence-electron chi connectivity index (χ2n) is 8.06. The molecule has 1 amide bonds. The van der Waals surface area contributed by atoms with Crippen LogP contribution in [0.1, 0.15) is 54.5 Å². The van der Waals surface area contributed by atoms with E-state index < -0.39 is 0 Å². The van der Waals surface area contributed by atoms with Crippen LogP contribution in [0.3, 0.4) is 0 Å². The molecule has 1 unspecified atom stereocenters. The van der Waals surface area contributed by atoms with E-state index in [2.05, 4.69) is 10.2 Å². The maximum absolute atomic E-state index is 12.1. The van der Waals surface area contributed by atoms with Gasteiger partial charge in [0.15, 0.2) is 0 Å². The van der Waals surface area contributed by atoms with Crippen LogP contribution in [0.2, 0.25) is 10.0 Å². The standard InChI is InChI=1S/C22H28Cl2N4O/c1-13(2)25-20(29)10-18-14(3)26-22(27-15(18)4)17-8-9-28(12-17)11-16-6-5-7-19(23)21(16)24/h5-7,13,17H,8-12H2,1-4H3,(H,25,29). The van der Waals surface area contributed by atoms with Gasteiger partial charge in [0.2, 0.25) is 5.91 Å². The minimum atomic E-state index is 0.00740. The first-order chi connectivity index (χ1) is 13.7. The quantitative estimate of drug-likeness (QED) is 0.728. The molecule has 156 valence electrons. The molecule has 1 aliphatic heterocycles. The molecule has 0 spiro atoms. The minimum absolute atomic E-state index is 0.00740. The van der Waals surface area contributed by atoms with Gasteiger partial charge < -0.3 is 5.32 Å². The minimum Gasteiger partial charge on any atom is -0.354 e. The highest BCUT2D eigenvalue weighted by atomic mass is 35.5. The fourth-order valence-electron chi connectivity index (χ4n) is 3.84. The Morgan fingerprint density at radius 3 is 2.59 bits per heavy atom. The van der Waals surface area contributed by atoms with E-state index in [4.69, 9.17) is 33.2 Å². The molecule has 1 aromatic heterocycles. The lowest BCUT2D eigenvalue weighted by molar-refractivity contribution is -0.120. The van der Waals surface area contributed by atoms with E-state index in [1.807, 2.05) is 45.9 Å². The van der Waals surface area contributed by atoms with Gasteiger partial charge in [-0.15, -0.1) is 0 Å². The average Bonchev–Trinajstić information content (AvgIpc) is 3.10. The van der Waals surface area contributed by atoms with Crippen LogP contribution in [0.5, 0.6) is 0 Å². The lowest BCUT2D eigenvalue weighted by Crippen LogP contribution is -2.32. The van der Waals surface area contributed by atoms with Gasteiger partial charge in [-0.1, -0.05) is 35.3 Å². The number of aromatic nitrogens is 2. The molecule has 1 fully saturated rings. The van der Waals surface area contributed by atoms with Crippen LogP contribution in [-0.4, -0.2) is 39.9 Å². The van der Waals surface area contributed by atoms with Crippen molar-refractivity contribution in [2.24, 2.45) is 0 Å². The Labute approximate surface area is 182 Å². The van der Waals surface area contributed by atoms with E-state index in [0.717, 1.165) is 54.4 Å². The van der Waals surface area contributed by atoms with Crippen molar-refractivity contribution in [2.45, 2.75) is 59.0 Å². The van der Waals surface area contributed by atoms with Crippen molar-refractivity contribution in [3.05, 3.63) is 56.6 Å². The SMILES string of the molecule is Cc1nc(C2CCN(Cc3cccc(Cl)c3Cl)C2)nc(C)c1CC(=O)NC(C)C. The van der Waals surface area contributed by atoms with Gasteiger partial charge in [-0.3, -0.25) is 9.69 Å². The fourth-order valence-corrected chi connectivity index (χ4v) is 4.22. The van der Waals surface area contributed by atoms with Gasteiger partial charge in [-0.05, 0) is 52.3 Å². The summed E-state index contributed by atoms with van der Waals surface area (Å²) in [5.74, 6) is 1.16. The lowest BCUT2D eigenvalue weighted by atomic mass is 10.0. The zero-order chi connectivity index (χ0) is 21.1. The predicted molar refractivity (Wildman–Crippen MR) is 118 cm³/mol. The second kappa shape index (κ2) is 9.41. The van der Waals surface area contributed by atoms with Crippen LogP contribution in [0, 0.1) is 13.8 Å². The Morgan fingerprint density at radius 1 is 1.24 bits per heavy atom. The molecule has 1 saturated heterocycles. The third-order valence-electron chi connectivity index (χ3n) is 5.29. The number of amides is 1. The number of aryl methyl sites for hydroxylation is 2. The average molecular weight is 435 g/mol. The Balaban J connectivity index is 1.68. The largest absolute Gasteiger partial charge is 0.354 e. The molecule has 2 heterocycles. The van der Waals surface area contributed by atoms with Crippen molar-refractivity contribution in [1.82, 2.24) is 20.2 Å². The van der Waals surface area contributed by atoms with Crippen molar-refractivity contribution >= 4 is 29.1 Å². The number of hydrogen-bond donors (Lipinski definition) is 1. The summed E-state index contributed by atoms with van der Waals surface area (Å²) >= 11 is 12.5. The number of benzene rings is 1. The highest BCUT2D eigenvalue weighted by molar-refractivity contribution is 6.42. The summed E-state index contributed by atoms with van der Waals surface area (Å²) in [7, 11) is 0. The van der Waals surface area contributed by atoms with Gasteiger partial charge in [0, 0.05) is 42.0 Å². The molecule has 3 rings (SSSR count). The van der Waals surface area contributed by atoms with Gasteiger partial charge in [-0.2, -0.15) is 0 Å². The molecule has 0 radical (unpaired) electrons. The van der Waals surface area contributed by atoms with Gasteiger partial charge in [-0.25, -0.2) is 9.97 Å². The van der Waals surface area contributed by atoms with Crippen molar-refractivity contribution in [2.75, 3.05) is 13.1 Å². The maximum Gasteiger partial charge on any atom is 0.224 e. The van der Waals surface area contributed by atoms with Crippen molar-refractivity contribution < 1.29 is 4.79 Å². The summed E-state index contributed by atoms with van der Waals surface area (Å²) in [6.45, 7) is 10.5. The highest BCUT2D eigenvalue weighted by Gasteiger charge is 2.27. The summed E-state index contributed by atoms with van der Waals surface area (Å²) in [5, 5.41) is 4.15. The van der Waals surface area contributed by atoms with E-state index in [1.165, 1.54) is 0 Å². The zero-order valence-corrected chi connectivity index (χ0v) is 18.9. The van der Waals surface area contributed by atoms with Crippen LogP contribution in [-0.2, 0) is 17.8 Å². The van der Waals surface area contributed by atoms with E-state index >= 15 is 0 Å². The molecule has 5 nitrogen and oxygen atoms in total. The topological polar surface area (TPSA) is 58.1 Å². The van der Waals surface area contributed by atoms with Gasteiger partial charge in [0.25, 0.3) is 0 Å². The predicted octanol–water partition coefficient (Wildman–Crippen LogP) is 4.46. The Kier molecular flexibility index (Phi) is 7.14. The van der Waals surface area contributed by atoms with Crippen LogP contribution < -0.4 is 5.32 Å². The number of carbonyl (C=O) groups excluding carboxylic acids is 1. The molecule has 1 aliphatic rings. The Hall–Kier alpha value is -1.69. The summed E-state index contributed by atoms with van der Waals surface area (Å²) in [5.41, 5.74) is 3.75. The van der Waals surface area contributed by atoms with Crippen LogP contribution >= 0.6 is 23.2 Å². The molecular weight excluding hydrogens is 407 g/mol. The van der Waals surface area contributed by atoms with Gasteiger partial charge in [0.1, 0.15) is 5.82 Å². The van der Waals surface area contributed by atoms with Crippen LogP contribution in [0.15, 0.2) is 18.2 Å². The Bertz CT molecular complexity index is 877. The molecule has 1 aromatic carbocycles. The van der Waals surface area contributed by atoms with Crippen LogP contribution in [0.4, 0.5) is 0 Å². The monoisotopic (exact) mass is 434 g/mol. The Morgan fingerprint density at radius 2 is 1.93 bits per heavy atom. The first kappa shape index (κ1) is 22.0. The molecule has 0 saturated carbocycles. The molecule has 0 aliphatic carbocycles. The molecule has 1 atom stereocenters. The molecule has 2 aromatic rings. The number of rotatable bonds is 6. The molecule has 7 heteroatoms. The molecule has 0 bridgehead atoms. The number of likely N-dealkylation sites (tertiary alicyclic amines) is 1. The second-order valence-corrected chi connectivity index (χ2v) is 8.85. The van der Waals surface area contributed by atoms with Crippen molar-refractivity contribution in [1.29, 1.82) is 0 Å². The summed E-state index contributed by atoms with van der Waals surface area (Å²) in [6.07, 6.45) is 1.32. The van der Waals surface area contributed by atoms with E-state index in [1.54, 1.807) is 0 Å². The first-order valence-corrected chi connectivity index (χ1v) is 10.8. The first-order valence-electron chi connectivity index (χ1n) is 10.0. The van der Waals surface area contributed by atoms with E-state index in [-0.39, 0.29) is 17.9 Å². The van der Waals surface area contributed by atoms with Crippen LogP contribution in [0.25, 0.3) is 0 Å². The number of carbonyl (C=O) groups is 1. The third kappa shape index (κ3) is 5.47. The molecular formula is C22H28Cl2N4O. The zero-order valence-electron chi connectivity index (χ0n) is 17.4. The molecule has 29 heavy (non-hydrogen) atoms. The fraction of sp³-hybridized carbons (Fsp3) is 0.500. The van der Waals surface area contributed by atoms with Gasteiger partial charge in [0.05, 0.1) is 16.5 Å². The van der Waals surface area contributed by atoms with Crippen molar-refractivity contribution in [3.63, 3.8) is 0 Å². The smallest absolute Gasteiger partial charge is 0.224 e. The number of hydrogen-bond acceptors (Lipinski definition) is 4.